The van der Waals surface area contributed by atoms with E-state index in [1.807, 2.05) is 0 Å². The van der Waals surface area contributed by atoms with Crippen LogP contribution in [0.2, 0.25) is 0 Å². The molecular weight excluding hydrogens is 204 g/mol. The molecule has 1 saturated heterocycles. The minimum Gasteiger partial charge on any atom is -0.451 e. The number of esters is 2. The van der Waals surface area contributed by atoms with Gasteiger partial charge in [-0.05, 0) is 0 Å². The van der Waals surface area contributed by atoms with Crippen molar-refractivity contribution in [1.29, 1.82) is 0 Å². The third kappa shape index (κ3) is 4.57. The van der Waals surface area contributed by atoms with Gasteiger partial charge in [-0.3, -0.25) is 0 Å². The van der Waals surface area contributed by atoms with E-state index in [1.54, 1.807) is 0 Å². The minimum atomic E-state index is -0.714. The van der Waals surface area contributed by atoms with Crippen molar-refractivity contribution in [3.8, 4) is 0 Å². The zero-order valence-electron chi connectivity index (χ0n) is 8.14. The van der Waals surface area contributed by atoms with Crippen LogP contribution in [-0.4, -0.2) is 44.7 Å². The van der Waals surface area contributed by atoms with Crippen molar-refractivity contribution in [2.24, 2.45) is 0 Å². The molecule has 1 fully saturated rings. The molecular formula is C9H12O6. The number of rotatable bonds is 4. The van der Waals surface area contributed by atoms with Crippen molar-refractivity contribution in [2.45, 2.75) is 6.29 Å². The highest BCUT2D eigenvalue weighted by atomic mass is 16.7. The van der Waals surface area contributed by atoms with E-state index in [0.717, 1.165) is 6.08 Å². The van der Waals surface area contributed by atoms with Crippen molar-refractivity contribution >= 4 is 11.9 Å². The monoisotopic (exact) mass is 216 g/mol. The molecule has 0 radical (unpaired) electrons. The number of hydrogen-bond donors (Lipinski definition) is 0. The second-order valence-corrected chi connectivity index (χ2v) is 2.68. The van der Waals surface area contributed by atoms with Crippen molar-refractivity contribution < 1.29 is 28.5 Å². The summed E-state index contributed by atoms with van der Waals surface area (Å²) in [5, 5.41) is 0. The maximum absolute atomic E-state index is 11.1. The Balaban J connectivity index is 2.17. The molecule has 0 bridgehead atoms. The maximum atomic E-state index is 11.1. The lowest BCUT2D eigenvalue weighted by Gasteiger charge is -2.22. The Labute approximate surface area is 86.7 Å². The highest BCUT2D eigenvalue weighted by molar-refractivity contribution is 5.83. The van der Waals surface area contributed by atoms with Crippen LogP contribution in [0, 0.1) is 0 Å². The van der Waals surface area contributed by atoms with E-state index in [1.165, 1.54) is 0 Å². The number of carbonyl (C=O) groups is 2. The first-order valence-corrected chi connectivity index (χ1v) is 4.40. The lowest BCUT2D eigenvalue weighted by atomic mass is 10.6. The molecule has 0 aliphatic carbocycles. The molecule has 1 aliphatic heterocycles. The molecule has 1 unspecified atom stereocenters. The van der Waals surface area contributed by atoms with Crippen LogP contribution in [0.5, 0.6) is 0 Å². The summed E-state index contributed by atoms with van der Waals surface area (Å²) in [5.41, 5.74) is 0. The summed E-state index contributed by atoms with van der Waals surface area (Å²) in [6, 6.07) is 0. The molecule has 15 heavy (non-hydrogen) atoms. The largest absolute Gasteiger partial charge is 0.451 e. The van der Waals surface area contributed by atoms with Gasteiger partial charge in [0.15, 0.2) is 6.61 Å². The summed E-state index contributed by atoms with van der Waals surface area (Å²) in [4.78, 5) is 21.7. The van der Waals surface area contributed by atoms with Crippen molar-refractivity contribution in [1.82, 2.24) is 0 Å². The highest BCUT2D eigenvalue weighted by Crippen LogP contribution is 2.02. The van der Waals surface area contributed by atoms with Gasteiger partial charge in [0.1, 0.15) is 6.61 Å². The molecule has 1 atom stereocenters. The van der Waals surface area contributed by atoms with E-state index in [2.05, 4.69) is 11.3 Å². The fourth-order valence-electron chi connectivity index (χ4n) is 0.904. The molecule has 1 heterocycles. The maximum Gasteiger partial charge on any atom is 0.346 e. The van der Waals surface area contributed by atoms with Gasteiger partial charge in [-0.15, -0.1) is 0 Å². The minimum absolute atomic E-state index is 0.196. The summed E-state index contributed by atoms with van der Waals surface area (Å²) in [5.74, 6) is -1.35. The van der Waals surface area contributed by atoms with Crippen LogP contribution in [0.25, 0.3) is 0 Å². The summed E-state index contributed by atoms with van der Waals surface area (Å²) < 4.78 is 19.3. The Kier molecular flexibility index (Phi) is 4.79. The summed E-state index contributed by atoms with van der Waals surface area (Å²) >= 11 is 0. The Bertz CT molecular complexity index is 243. The van der Waals surface area contributed by atoms with E-state index in [9.17, 15) is 9.59 Å². The standard InChI is InChI=1S/C9H12O6/c1-2-7(10)14-5-8(11)15-9-6-12-3-4-13-9/h2,9H,1,3-6H2. The zero-order chi connectivity index (χ0) is 11.1. The van der Waals surface area contributed by atoms with Crippen LogP contribution in [0.1, 0.15) is 0 Å². The molecule has 0 amide bonds. The molecule has 0 aromatic carbocycles. The first-order valence-electron chi connectivity index (χ1n) is 4.40. The lowest BCUT2D eigenvalue weighted by Crippen LogP contribution is -2.34. The topological polar surface area (TPSA) is 71.1 Å². The first-order chi connectivity index (χ1) is 7.22. The van der Waals surface area contributed by atoms with E-state index in [-0.39, 0.29) is 6.61 Å². The van der Waals surface area contributed by atoms with Crippen LogP contribution < -0.4 is 0 Å². The Morgan fingerprint density at radius 1 is 1.47 bits per heavy atom. The lowest BCUT2D eigenvalue weighted by molar-refractivity contribution is -0.216. The van der Waals surface area contributed by atoms with Gasteiger partial charge in [0, 0.05) is 6.08 Å². The molecule has 0 aromatic heterocycles. The van der Waals surface area contributed by atoms with Crippen LogP contribution in [0.4, 0.5) is 0 Å². The van der Waals surface area contributed by atoms with Gasteiger partial charge in [-0.2, -0.15) is 0 Å². The van der Waals surface area contributed by atoms with Gasteiger partial charge >= 0.3 is 11.9 Å². The van der Waals surface area contributed by atoms with Crippen LogP contribution >= 0.6 is 0 Å². The third-order valence-electron chi connectivity index (χ3n) is 1.55. The first kappa shape index (κ1) is 11.7. The van der Waals surface area contributed by atoms with Crippen molar-refractivity contribution in [3.05, 3.63) is 12.7 Å². The van der Waals surface area contributed by atoms with Crippen LogP contribution in [0.15, 0.2) is 12.7 Å². The van der Waals surface area contributed by atoms with Gasteiger partial charge in [0.05, 0.1) is 13.2 Å². The smallest absolute Gasteiger partial charge is 0.346 e. The van der Waals surface area contributed by atoms with Crippen molar-refractivity contribution in [3.63, 3.8) is 0 Å². The molecule has 1 aliphatic rings. The Morgan fingerprint density at radius 2 is 2.27 bits per heavy atom. The second-order valence-electron chi connectivity index (χ2n) is 2.68. The predicted octanol–water partition coefficient (Wildman–Crippen LogP) is -0.368. The number of carbonyl (C=O) groups excluding carboxylic acids is 2. The fourth-order valence-corrected chi connectivity index (χ4v) is 0.904. The van der Waals surface area contributed by atoms with E-state index in [0.29, 0.717) is 13.2 Å². The van der Waals surface area contributed by atoms with Gasteiger partial charge in [-0.25, -0.2) is 9.59 Å². The normalized spacial score (nSPS) is 20.4. The Morgan fingerprint density at radius 3 is 2.87 bits per heavy atom. The molecule has 1 rings (SSSR count). The number of hydrogen-bond acceptors (Lipinski definition) is 6. The average Bonchev–Trinajstić information content (AvgIpc) is 2.27. The van der Waals surface area contributed by atoms with Crippen LogP contribution in [0.3, 0.4) is 0 Å². The summed E-state index contributed by atoms with van der Waals surface area (Å²) in [6.45, 7) is 3.79. The van der Waals surface area contributed by atoms with Crippen molar-refractivity contribution in [2.75, 3.05) is 26.4 Å². The summed E-state index contributed by atoms with van der Waals surface area (Å²) in [6.07, 6.45) is 0.252. The summed E-state index contributed by atoms with van der Waals surface area (Å²) in [7, 11) is 0. The molecule has 6 nitrogen and oxygen atoms in total. The third-order valence-corrected chi connectivity index (χ3v) is 1.55. The fraction of sp³-hybridized carbons (Fsp3) is 0.556. The van der Waals surface area contributed by atoms with Crippen LogP contribution in [-0.2, 0) is 28.5 Å². The molecule has 84 valence electrons. The Hall–Kier alpha value is -1.40. The molecule has 0 aromatic rings. The molecule has 0 spiro atoms. The van der Waals surface area contributed by atoms with Gasteiger partial charge < -0.3 is 18.9 Å². The molecule has 6 heteroatoms. The second kappa shape index (κ2) is 6.15. The van der Waals surface area contributed by atoms with E-state index < -0.39 is 24.8 Å². The number of ether oxygens (including phenoxy) is 4. The zero-order valence-corrected chi connectivity index (χ0v) is 8.14. The van der Waals surface area contributed by atoms with Gasteiger partial charge in [-0.1, -0.05) is 6.58 Å². The molecule has 0 saturated carbocycles. The quantitative estimate of drug-likeness (QED) is 0.471. The van der Waals surface area contributed by atoms with E-state index >= 15 is 0 Å². The molecule has 0 N–H and O–H groups in total. The highest BCUT2D eigenvalue weighted by Gasteiger charge is 2.19. The van der Waals surface area contributed by atoms with E-state index in [4.69, 9.17) is 14.2 Å². The SMILES string of the molecule is C=CC(=O)OCC(=O)OC1COCCO1. The van der Waals surface area contributed by atoms with Gasteiger partial charge in [0.25, 0.3) is 0 Å². The average molecular weight is 216 g/mol. The predicted molar refractivity (Wildman–Crippen MR) is 47.8 cm³/mol. The van der Waals surface area contributed by atoms with Gasteiger partial charge in [0.2, 0.25) is 6.29 Å².